The van der Waals surface area contributed by atoms with Crippen LogP contribution in [0.4, 0.5) is 11.5 Å². The van der Waals surface area contributed by atoms with Crippen molar-refractivity contribution in [2.24, 2.45) is 0 Å². The number of rotatable bonds is 5. The van der Waals surface area contributed by atoms with E-state index in [0.29, 0.717) is 33.5 Å². The lowest BCUT2D eigenvalue weighted by atomic mass is 10.1. The third-order valence-electron chi connectivity index (χ3n) is 5.14. The van der Waals surface area contributed by atoms with Crippen LogP contribution in [0.25, 0.3) is 11.0 Å². The van der Waals surface area contributed by atoms with Crippen LogP contribution in [-0.4, -0.2) is 43.2 Å². The highest BCUT2D eigenvalue weighted by molar-refractivity contribution is 6.32. The van der Waals surface area contributed by atoms with Gasteiger partial charge in [-0.1, -0.05) is 23.7 Å². The maximum atomic E-state index is 13.3. The van der Waals surface area contributed by atoms with Crippen molar-refractivity contribution in [3.63, 3.8) is 0 Å². The number of carbonyl (C=O) groups excluding carboxylic acids is 1. The van der Waals surface area contributed by atoms with Crippen LogP contribution in [-0.2, 0) is 0 Å². The van der Waals surface area contributed by atoms with E-state index in [0.717, 1.165) is 31.4 Å². The number of methoxy groups -OCH3 is 2. The summed E-state index contributed by atoms with van der Waals surface area (Å²) in [7, 11) is 3.04. The molecule has 0 radical (unpaired) electrons. The van der Waals surface area contributed by atoms with Crippen molar-refractivity contribution < 1.29 is 14.3 Å². The SMILES string of the molecule is COc1cc(OC)c(NC(=O)c2nc3ccccc3nc2N2CCCCC2)cc1Cl. The second-order valence-electron chi connectivity index (χ2n) is 7.07. The summed E-state index contributed by atoms with van der Waals surface area (Å²) in [5, 5.41) is 3.25. The molecule has 0 atom stereocenters. The lowest BCUT2D eigenvalue weighted by Crippen LogP contribution is -2.33. The van der Waals surface area contributed by atoms with Gasteiger partial charge in [0.15, 0.2) is 11.5 Å². The van der Waals surface area contributed by atoms with Gasteiger partial charge in [-0.2, -0.15) is 0 Å². The van der Waals surface area contributed by atoms with E-state index in [-0.39, 0.29) is 11.6 Å². The van der Waals surface area contributed by atoms with Crippen molar-refractivity contribution in [2.75, 3.05) is 37.5 Å². The molecular formula is C22H23ClN4O3. The van der Waals surface area contributed by atoms with Gasteiger partial charge in [-0.25, -0.2) is 9.97 Å². The van der Waals surface area contributed by atoms with E-state index in [4.69, 9.17) is 26.1 Å². The van der Waals surface area contributed by atoms with Gasteiger partial charge >= 0.3 is 0 Å². The second kappa shape index (κ2) is 8.75. The van der Waals surface area contributed by atoms with Gasteiger partial charge in [0.25, 0.3) is 5.91 Å². The number of ether oxygens (including phenoxy) is 2. The molecule has 1 fully saturated rings. The Morgan fingerprint density at radius 3 is 2.33 bits per heavy atom. The minimum atomic E-state index is -0.367. The smallest absolute Gasteiger partial charge is 0.278 e. The number of hydrogen-bond acceptors (Lipinski definition) is 6. The molecule has 1 aliphatic rings. The Kier molecular flexibility index (Phi) is 5.90. The van der Waals surface area contributed by atoms with Gasteiger partial charge in [0.1, 0.15) is 11.5 Å². The van der Waals surface area contributed by atoms with E-state index in [2.05, 4.69) is 15.2 Å². The molecule has 1 N–H and O–H groups in total. The number of anilines is 2. The Labute approximate surface area is 180 Å². The molecule has 1 saturated heterocycles. The first-order chi connectivity index (χ1) is 14.6. The van der Waals surface area contributed by atoms with Gasteiger partial charge < -0.3 is 19.7 Å². The van der Waals surface area contributed by atoms with Crippen molar-refractivity contribution in [1.29, 1.82) is 0 Å². The van der Waals surface area contributed by atoms with E-state index >= 15 is 0 Å². The van der Waals surface area contributed by atoms with Crippen molar-refractivity contribution in [2.45, 2.75) is 19.3 Å². The molecule has 0 bridgehead atoms. The third kappa shape index (κ3) is 3.98. The lowest BCUT2D eigenvalue weighted by molar-refractivity contribution is 0.102. The van der Waals surface area contributed by atoms with Crippen LogP contribution in [0, 0.1) is 0 Å². The molecule has 1 aromatic heterocycles. The molecule has 0 unspecified atom stereocenters. The van der Waals surface area contributed by atoms with Crippen LogP contribution >= 0.6 is 11.6 Å². The average Bonchev–Trinajstić information content (AvgIpc) is 2.79. The van der Waals surface area contributed by atoms with E-state index < -0.39 is 0 Å². The average molecular weight is 427 g/mol. The van der Waals surface area contributed by atoms with Crippen LogP contribution in [0.5, 0.6) is 11.5 Å². The summed E-state index contributed by atoms with van der Waals surface area (Å²) in [6, 6.07) is 10.8. The molecule has 156 valence electrons. The summed E-state index contributed by atoms with van der Waals surface area (Å²) in [5.41, 5.74) is 2.15. The number of para-hydroxylation sites is 2. The molecular weight excluding hydrogens is 404 g/mol. The van der Waals surface area contributed by atoms with E-state index in [9.17, 15) is 4.79 Å². The molecule has 3 aromatic rings. The Balaban J connectivity index is 1.74. The fraction of sp³-hybridized carbons (Fsp3) is 0.318. The molecule has 30 heavy (non-hydrogen) atoms. The summed E-state index contributed by atoms with van der Waals surface area (Å²) in [4.78, 5) is 24.8. The van der Waals surface area contributed by atoms with Crippen LogP contribution < -0.4 is 19.7 Å². The number of piperidine rings is 1. The van der Waals surface area contributed by atoms with Gasteiger partial charge in [-0.3, -0.25) is 4.79 Å². The molecule has 0 spiro atoms. The van der Waals surface area contributed by atoms with Crippen LogP contribution in [0.15, 0.2) is 36.4 Å². The fourth-order valence-electron chi connectivity index (χ4n) is 3.61. The van der Waals surface area contributed by atoms with Crippen LogP contribution in [0.2, 0.25) is 5.02 Å². The quantitative estimate of drug-likeness (QED) is 0.645. The van der Waals surface area contributed by atoms with Gasteiger partial charge in [0.2, 0.25) is 0 Å². The van der Waals surface area contributed by atoms with Crippen molar-refractivity contribution in [3.05, 3.63) is 47.1 Å². The number of halogens is 1. The second-order valence-corrected chi connectivity index (χ2v) is 7.48. The number of carbonyl (C=O) groups is 1. The van der Waals surface area contributed by atoms with E-state index in [1.165, 1.54) is 20.6 Å². The Bertz CT molecular complexity index is 1080. The highest BCUT2D eigenvalue weighted by atomic mass is 35.5. The number of amides is 1. The van der Waals surface area contributed by atoms with E-state index in [1.54, 1.807) is 12.1 Å². The normalized spacial score (nSPS) is 13.9. The van der Waals surface area contributed by atoms with Crippen molar-refractivity contribution in [1.82, 2.24) is 9.97 Å². The highest BCUT2D eigenvalue weighted by Crippen LogP contribution is 2.36. The van der Waals surface area contributed by atoms with Crippen LogP contribution in [0.3, 0.4) is 0 Å². The molecule has 4 rings (SSSR count). The molecule has 1 aliphatic heterocycles. The summed E-state index contributed by atoms with van der Waals surface area (Å²) in [6.07, 6.45) is 3.32. The minimum Gasteiger partial charge on any atom is -0.495 e. The molecule has 2 heterocycles. The number of fused-ring (bicyclic) bond motifs is 1. The summed E-state index contributed by atoms with van der Waals surface area (Å²) >= 11 is 6.25. The topological polar surface area (TPSA) is 76.6 Å². The highest BCUT2D eigenvalue weighted by Gasteiger charge is 2.24. The molecule has 2 aromatic carbocycles. The first kappa shape index (κ1) is 20.2. The number of nitrogens with zero attached hydrogens (tertiary/aromatic N) is 3. The number of nitrogens with one attached hydrogen (secondary N) is 1. The Hall–Kier alpha value is -3.06. The zero-order chi connectivity index (χ0) is 21.1. The molecule has 7 nitrogen and oxygen atoms in total. The summed E-state index contributed by atoms with van der Waals surface area (Å²) < 4.78 is 10.6. The zero-order valence-corrected chi connectivity index (χ0v) is 17.7. The number of hydrogen-bond donors (Lipinski definition) is 1. The molecule has 0 saturated carbocycles. The predicted octanol–water partition coefficient (Wildman–Crippen LogP) is 4.54. The largest absolute Gasteiger partial charge is 0.495 e. The Morgan fingerprint density at radius 1 is 1.00 bits per heavy atom. The predicted molar refractivity (Wildman–Crippen MR) is 118 cm³/mol. The monoisotopic (exact) mass is 426 g/mol. The minimum absolute atomic E-state index is 0.282. The molecule has 1 amide bonds. The Morgan fingerprint density at radius 2 is 1.67 bits per heavy atom. The maximum absolute atomic E-state index is 13.3. The summed E-state index contributed by atoms with van der Waals surface area (Å²) in [6.45, 7) is 1.70. The summed E-state index contributed by atoms with van der Waals surface area (Å²) in [5.74, 6) is 1.14. The van der Waals surface area contributed by atoms with Gasteiger partial charge in [0.05, 0.1) is 36.0 Å². The third-order valence-corrected chi connectivity index (χ3v) is 5.44. The van der Waals surface area contributed by atoms with Crippen molar-refractivity contribution >= 4 is 40.0 Å². The first-order valence-corrected chi connectivity index (χ1v) is 10.2. The van der Waals surface area contributed by atoms with E-state index in [1.807, 2.05) is 24.3 Å². The van der Waals surface area contributed by atoms with Gasteiger partial charge in [-0.05, 0) is 37.5 Å². The lowest BCUT2D eigenvalue weighted by Gasteiger charge is -2.29. The molecule has 8 heteroatoms. The van der Waals surface area contributed by atoms with Gasteiger partial charge in [-0.15, -0.1) is 0 Å². The zero-order valence-electron chi connectivity index (χ0n) is 16.9. The van der Waals surface area contributed by atoms with Crippen molar-refractivity contribution in [3.8, 4) is 11.5 Å². The maximum Gasteiger partial charge on any atom is 0.278 e. The first-order valence-electron chi connectivity index (χ1n) is 9.85. The standard InChI is InChI=1S/C22H23ClN4O3/c1-29-18-13-19(30-2)17(12-14(18)23)26-22(28)20-21(27-10-6-3-7-11-27)25-16-9-5-4-8-15(16)24-20/h4-5,8-9,12-13H,3,6-7,10-11H2,1-2H3,(H,26,28). The van der Waals surface area contributed by atoms with Gasteiger partial charge in [0, 0.05) is 19.2 Å². The fourth-order valence-corrected chi connectivity index (χ4v) is 3.85. The molecule has 0 aliphatic carbocycles. The number of benzene rings is 2. The number of aromatic nitrogens is 2. The van der Waals surface area contributed by atoms with Crippen LogP contribution in [0.1, 0.15) is 29.8 Å².